The standard InChI is InChI=1S/C24H25N5O3.ClH/c1-14(2)31-21-7-6-15(12-16(21)13-26)24-28-23(29-32-24)19-5-3-4-18-17(19)9-11-27-22(18)20(30)8-10-25;/h3-7,12,14,22,27H,8-11,25H2,1-2H3;1H. The van der Waals surface area contributed by atoms with E-state index in [0.717, 1.165) is 23.1 Å². The van der Waals surface area contributed by atoms with Crippen molar-refractivity contribution in [2.24, 2.45) is 5.73 Å². The number of halogens is 1. The first-order chi connectivity index (χ1) is 15.5. The van der Waals surface area contributed by atoms with Crippen LogP contribution < -0.4 is 15.8 Å². The molecule has 1 atom stereocenters. The lowest BCUT2D eigenvalue weighted by atomic mass is 9.87. The lowest BCUT2D eigenvalue weighted by Crippen LogP contribution is -2.36. The number of hydrogen-bond acceptors (Lipinski definition) is 8. The Hall–Kier alpha value is -3.25. The highest BCUT2D eigenvalue weighted by molar-refractivity contribution is 5.87. The van der Waals surface area contributed by atoms with Gasteiger partial charge in [0.05, 0.1) is 17.7 Å². The van der Waals surface area contributed by atoms with Gasteiger partial charge in [-0.25, -0.2) is 0 Å². The third kappa shape index (κ3) is 5.06. The molecule has 3 N–H and O–H groups in total. The first kappa shape index (κ1) is 24.4. The highest BCUT2D eigenvalue weighted by Gasteiger charge is 2.28. The highest BCUT2D eigenvalue weighted by atomic mass is 35.5. The molecule has 2 aromatic carbocycles. The monoisotopic (exact) mass is 467 g/mol. The smallest absolute Gasteiger partial charge is 0.258 e. The van der Waals surface area contributed by atoms with E-state index >= 15 is 0 Å². The van der Waals surface area contributed by atoms with Crippen LogP contribution in [0.2, 0.25) is 0 Å². The molecule has 0 amide bonds. The SMILES string of the molecule is CC(C)Oc1ccc(-c2nc(-c3cccc4c3CCNC4C(=O)CCN)no2)cc1C#N.Cl. The normalized spacial score (nSPS) is 14.8. The average molecular weight is 468 g/mol. The van der Waals surface area contributed by atoms with Crippen molar-refractivity contribution in [3.05, 3.63) is 53.1 Å². The summed E-state index contributed by atoms with van der Waals surface area (Å²) in [7, 11) is 0. The molecule has 1 aromatic heterocycles. The number of hydrogen-bond donors (Lipinski definition) is 2. The minimum absolute atomic E-state index is 0. The lowest BCUT2D eigenvalue weighted by Gasteiger charge is -2.27. The van der Waals surface area contributed by atoms with E-state index in [1.807, 2.05) is 32.0 Å². The molecule has 3 aromatic rings. The lowest BCUT2D eigenvalue weighted by molar-refractivity contribution is -0.121. The van der Waals surface area contributed by atoms with Crippen molar-refractivity contribution in [2.75, 3.05) is 13.1 Å². The Morgan fingerprint density at radius 1 is 1.36 bits per heavy atom. The number of ether oxygens (including phenoxy) is 1. The van der Waals surface area contributed by atoms with Gasteiger partial charge in [0.1, 0.15) is 11.8 Å². The van der Waals surface area contributed by atoms with Gasteiger partial charge >= 0.3 is 0 Å². The van der Waals surface area contributed by atoms with Gasteiger partial charge in [0.15, 0.2) is 5.78 Å². The fourth-order valence-electron chi connectivity index (χ4n) is 3.95. The summed E-state index contributed by atoms with van der Waals surface area (Å²) in [6.07, 6.45) is 1.04. The number of carbonyl (C=O) groups is 1. The van der Waals surface area contributed by atoms with E-state index in [1.165, 1.54) is 0 Å². The second-order valence-corrected chi connectivity index (χ2v) is 7.93. The Morgan fingerprint density at radius 3 is 2.91 bits per heavy atom. The molecule has 172 valence electrons. The molecule has 0 saturated heterocycles. The summed E-state index contributed by atoms with van der Waals surface area (Å²) in [5, 5.41) is 17.0. The van der Waals surface area contributed by atoms with Crippen molar-refractivity contribution in [2.45, 2.75) is 38.8 Å². The van der Waals surface area contributed by atoms with Gasteiger partial charge in [0.25, 0.3) is 5.89 Å². The van der Waals surface area contributed by atoms with Crippen LogP contribution in [0.5, 0.6) is 5.75 Å². The molecular formula is C24H26ClN5O3. The van der Waals surface area contributed by atoms with Gasteiger partial charge in [0, 0.05) is 24.1 Å². The number of ketones is 1. The van der Waals surface area contributed by atoms with E-state index in [9.17, 15) is 10.1 Å². The second kappa shape index (κ2) is 10.6. The van der Waals surface area contributed by atoms with Crippen LogP contribution in [0, 0.1) is 11.3 Å². The van der Waals surface area contributed by atoms with Gasteiger partial charge in [-0.05, 0) is 56.1 Å². The summed E-state index contributed by atoms with van der Waals surface area (Å²) >= 11 is 0. The quantitative estimate of drug-likeness (QED) is 0.539. The Morgan fingerprint density at radius 2 is 2.18 bits per heavy atom. The van der Waals surface area contributed by atoms with Crippen LogP contribution in [0.4, 0.5) is 0 Å². The summed E-state index contributed by atoms with van der Waals surface area (Å²) in [6, 6.07) is 12.8. The predicted molar refractivity (Wildman–Crippen MR) is 126 cm³/mol. The second-order valence-electron chi connectivity index (χ2n) is 7.93. The van der Waals surface area contributed by atoms with Crippen molar-refractivity contribution >= 4 is 18.2 Å². The van der Waals surface area contributed by atoms with Crippen LogP contribution in [0.3, 0.4) is 0 Å². The molecule has 0 saturated carbocycles. The predicted octanol–water partition coefficient (Wildman–Crippen LogP) is 3.59. The van der Waals surface area contributed by atoms with Crippen LogP contribution in [0.25, 0.3) is 22.8 Å². The van der Waals surface area contributed by atoms with E-state index in [2.05, 4.69) is 21.5 Å². The zero-order valence-corrected chi connectivity index (χ0v) is 19.3. The largest absolute Gasteiger partial charge is 0.490 e. The van der Waals surface area contributed by atoms with Crippen LogP contribution in [0.1, 0.15) is 43.0 Å². The fraction of sp³-hybridized carbons (Fsp3) is 0.333. The van der Waals surface area contributed by atoms with E-state index in [0.29, 0.717) is 48.1 Å². The van der Waals surface area contributed by atoms with E-state index in [-0.39, 0.29) is 30.3 Å². The summed E-state index contributed by atoms with van der Waals surface area (Å²) in [6.45, 7) is 4.82. The third-order valence-corrected chi connectivity index (χ3v) is 5.34. The van der Waals surface area contributed by atoms with Crippen LogP contribution in [-0.2, 0) is 11.2 Å². The van der Waals surface area contributed by atoms with Gasteiger partial charge < -0.3 is 20.3 Å². The van der Waals surface area contributed by atoms with Crippen molar-refractivity contribution < 1.29 is 14.1 Å². The van der Waals surface area contributed by atoms with Gasteiger partial charge in [-0.1, -0.05) is 23.4 Å². The number of nitrogens with zero attached hydrogens (tertiary/aromatic N) is 3. The molecule has 8 nitrogen and oxygen atoms in total. The number of carbonyl (C=O) groups excluding carboxylic acids is 1. The number of nitrogens with one attached hydrogen (secondary N) is 1. The van der Waals surface area contributed by atoms with Gasteiger partial charge in [-0.3, -0.25) is 4.79 Å². The molecule has 2 heterocycles. The number of nitriles is 1. The molecule has 0 bridgehead atoms. The number of rotatable bonds is 7. The molecule has 0 spiro atoms. The number of fused-ring (bicyclic) bond motifs is 1. The van der Waals surface area contributed by atoms with E-state index in [1.54, 1.807) is 18.2 Å². The minimum Gasteiger partial charge on any atom is -0.490 e. The zero-order chi connectivity index (χ0) is 22.7. The van der Waals surface area contributed by atoms with Crippen molar-refractivity contribution in [3.8, 4) is 34.7 Å². The first-order valence-electron chi connectivity index (χ1n) is 10.6. The molecule has 1 aliphatic heterocycles. The summed E-state index contributed by atoms with van der Waals surface area (Å²) in [5.41, 5.74) is 9.42. The summed E-state index contributed by atoms with van der Waals surface area (Å²) in [5.74, 6) is 1.36. The minimum atomic E-state index is -0.375. The van der Waals surface area contributed by atoms with Gasteiger partial charge in [0.2, 0.25) is 5.82 Å². The summed E-state index contributed by atoms with van der Waals surface area (Å²) in [4.78, 5) is 17.1. The van der Waals surface area contributed by atoms with Crippen LogP contribution in [-0.4, -0.2) is 35.1 Å². The molecule has 1 unspecified atom stereocenters. The maximum absolute atomic E-state index is 12.5. The fourth-order valence-corrected chi connectivity index (χ4v) is 3.95. The number of benzene rings is 2. The molecule has 0 fully saturated rings. The van der Waals surface area contributed by atoms with E-state index in [4.69, 9.17) is 15.0 Å². The Kier molecular flexibility index (Phi) is 7.82. The molecule has 33 heavy (non-hydrogen) atoms. The van der Waals surface area contributed by atoms with Crippen LogP contribution >= 0.6 is 12.4 Å². The first-order valence-corrected chi connectivity index (χ1v) is 10.6. The summed E-state index contributed by atoms with van der Waals surface area (Å²) < 4.78 is 11.2. The van der Waals surface area contributed by atoms with Crippen LogP contribution in [0.15, 0.2) is 40.9 Å². The molecule has 0 radical (unpaired) electrons. The Balaban J connectivity index is 0.00000306. The number of Topliss-reactive ketones (excluding diaryl/α,β-unsaturated/α-hetero) is 1. The Bertz CT molecular complexity index is 1190. The molecule has 4 rings (SSSR count). The molecule has 1 aliphatic rings. The van der Waals surface area contributed by atoms with E-state index < -0.39 is 0 Å². The highest BCUT2D eigenvalue weighted by Crippen LogP contribution is 2.33. The number of nitrogens with two attached hydrogens (primary N) is 1. The van der Waals surface area contributed by atoms with Gasteiger partial charge in [-0.2, -0.15) is 10.2 Å². The zero-order valence-electron chi connectivity index (χ0n) is 18.5. The molecule has 9 heteroatoms. The van der Waals surface area contributed by atoms with Crippen molar-refractivity contribution in [1.82, 2.24) is 15.5 Å². The van der Waals surface area contributed by atoms with Crippen molar-refractivity contribution in [1.29, 1.82) is 5.26 Å². The maximum Gasteiger partial charge on any atom is 0.258 e. The molecule has 0 aliphatic carbocycles. The number of aromatic nitrogens is 2. The third-order valence-electron chi connectivity index (χ3n) is 5.34. The average Bonchev–Trinajstić information content (AvgIpc) is 3.28. The van der Waals surface area contributed by atoms with Gasteiger partial charge in [-0.15, -0.1) is 12.4 Å². The maximum atomic E-state index is 12.5. The van der Waals surface area contributed by atoms with Crippen molar-refractivity contribution in [3.63, 3.8) is 0 Å². The Labute approximate surface area is 198 Å². The molecular weight excluding hydrogens is 442 g/mol. The topological polar surface area (TPSA) is 127 Å².